The highest BCUT2D eigenvalue weighted by atomic mass is 16.5. The summed E-state index contributed by atoms with van der Waals surface area (Å²) in [6.07, 6.45) is 0.561. The van der Waals surface area contributed by atoms with Gasteiger partial charge in [0.15, 0.2) is 0 Å². The van der Waals surface area contributed by atoms with E-state index in [0.717, 1.165) is 25.1 Å². The lowest BCUT2D eigenvalue weighted by atomic mass is 10.1. The lowest BCUT2D eigenvalue weighted by Gasteiger charge is -2.24. The number of aliphatic hydroxyl groups is 1. The Morgan fingerprint density at radius 1 is 1.55 bits per heavy atom. The minimum Gasteiger partial charge on any atom is -0.387 e. The Hall–Kier alpha value is -1.41. The highest BCUT2D eigenvalue weighted by Crippen LogP contribution is 2.26. The van der Waals surface area contributed by atoms with Gasteiger partial charge in [0.2, 0.25) is 0 Å². The number of aliphatic hydroxyl groups excluding tert-OH is 1. The van der Waals surface area contributed by atoms with Crippen molar-refractivity contribution in [3.63, 3.8) is 0 Å². The molecule has 1 aromatic carbocycles. The van der Waals surface area contributed by atoms with Gasteiger partial charge in [-0.05, 0) is 37.0 Å². The van der Waals surface area contributed by atoms with Crippen LogP contribution in [0.4, 0.5) is 0 Å². The largest absolute Gasteiger partial charge is 0.387 e. The van der Waals surface area contributed by atoms with Gasteiger partial charge in [-0.15, -0.1) is 0 Å². The number of likely N-dealkylation sites (tertiary alicyclic amines) is 1. The highest BCUT2D eigenvalue weighted by molar-refractivity contribution is 5.33. The van der Waals surface area contributed by atoms with Crippen LogP contribution in [0.3, 0.4) is 0 Å². The average molecular weight is 274 g/mol. The summed E-state index contributed by atoms with van der Waals surface area (Å²) in [5.41, 5.74) is 1.40. The second-order valence-electron chi connectivity index (χ2n) is 5.61. The molecular formula is C16H22N2O2. The Morgan fingerprint density at radius 2 is 2.35 bits per heavy atom. The molecule has 4 heteroatoms. The van der Waals surface area contributed by atoms with Crippen molar-refractivity contribution in [3.8, 4) is 6.07 Å². The molecule has 3 atom stereocenters. The van der Waals surface area contributed by atoms with E-state index in [1.165, 1.54) is 0 Å². The van der Waals surface area contributed by atoms with Gasteiger partial charge in [0, 0.05) is 26.2 Å². The van der Waals surface area contributed by atoms with Crippen LogP contribution < -0.4 is 0 Å². The Morgan fingerprint density at radius 3 is 3.05 bits per heavy atom. The zero-order chi connectivity index (χ0) is 14.5. The van der Waals surface area contributed by atoms with E-state index in [1.807, 2.05) is 12.1 Å². The van der Waals surface area contributed by atoms with Crippen molar-refractivity contribution >= 4 is 0 Å². The van der Waals surface area contributed by atoms with Crippen LogP contribution in [0, 0.1) is 17.2 Å². The molecule has 0 aliphatic carbocycles. The van der Waals surface area contributed by atoms with E-state index in [1.54, 1.807) is 19.2 Å². The van der Waals surface area contributed by atoms with Crippen molar-refractivity contribution < 1.29 is 9.84 Å². The Bertz CT molecular complexity index is 484. The summed E-state index contributed by atoms with van der Waals surface area (Å²) in [4.78, 5) is 2.30. The molecule has 0 aromatic heterocycles. The Labute approximate surface area is 120 Å². The number of methoxy groups -OCH3 is 1. The first-order valence-electron chi connectivity index (χ1n) is 7.05. The summed E-state index contributed by atoms with van der Waals surface area (Å²) in [5.74, 6) is 0.549. The van der Waals surface area contributed by atoms with E-state index in [0.29, 0.717) is 24.1 Å². The van der Waals surface area contributed by atoms with Gasteiger partial charge in [0.25, 0.3) is 0 Å². The van der Waals surface area contributed by atoms with Crippen LogP contribution in [0.5, 0.6) is 0 Å². The van der Waals surface area contributed by atoms with Crippen LogP contribution in [-0.2, 0) is 4.74 Å². The van der Waals surface area contributed by atoms with Gasteiger partial charge in [-0.25, -0.2) is 0 Å². The van der Waals surface area contributed by atoms with Crippen molar-refractivity contribution in [1.29, 1.82) is 5.26 Å². The lowest BCUT2D eigenvalue weighted by molar-refractivity contribution is 0.103. The summed E-state index contributed by atoms with van der Waals surface area (Å²) >= 11 is 0. The number of hydrogen-bond donors (Lipinski definition) is 1. The fourth-order valence-electron chi connectivity index (χ4n) is 2.97. The molecule has 4 nitrogen and oxygen atoms in total. The number of benzene rings is 1. The standard InChI is InChI=1S/C16H22N2O2/c1-12-6-14(11-20-2)9-18(12)10-16(19)15-5-3-4-13(7-15)8-17/h3-5,7,12,14,16,19H,6,9-11H2,1-2H3. The first-order chi connectivity index (χ1) is 9.63. The van der Waals surface area contributed by atoms with Crippen LogP contribution in [0.15, 0.2) is 24.3 Å². The molecular weight excluding hydrogens is 252 g/mol. The van der Waals surface area contributed by atoms with Crippen LogP contribution in [0.2, 0.25) is 0 Å². The Kier molecular flexibility index (Phi) is 5.13. The summed E-state index contributed by atoms with van der Waals surface area (Å²) in [6.45, 7) is 4.54. The van der Waals surface area contributed by atoms with Crippen molar-refractivity contribution in [1.82, 2.24) is 4.90 Å². The maximum absolute atomic E-state index is 10.4. The first-order valence-corrected chi connectivity index (χ1v) is 7.05. The molecule has 3 unspecified atom stereocenters. The predicted molar refractivity (Wildman–Crippen MR) is 77.1 cm³/mol. The summed E-state index contributed by atoms with van der Waals surface area (Å²) in [6, 6.07) is 9.78. The molecule has 1 aliphatic heterocycles. The first kappa shape index (κ1) is 15.0. The third kappa shape index (κ3) is 3.57. The van der Waals surface area contributed by atoms with Crippen LogP contribution in [0.1, 0.15) is 30.6 Å². The van der Waals surface area contributed by atoms with Gasteiger partial charge in [-0.3, -0.25) is 4.90 Å². The third-order valence-electron chi connectivity index (χ3n) is 4.00. The second kappa shape index (κ2) is 6.85. The molecule has 0 spiro atoms. The number of nitrogens with zero attached hydrogens (tertiary/aromatic N) is 2. The van der Waals surface area contributed by atoms with E-state index in [-0.39, 0.29) is 0 Å². The van der Waals surface area contributed by atoms with E-state index in [9.17, 15) is 5.11 Å². The number of β-amino-alcohol motifs (C(OH)–C–C–N with tert-alkyl or cyclic N) is 1. The van der Waals surface area contributed by atoms with Crippen molar-refractivity contribution in [2.24, 2.45) is 5.92 Å². The summed E-state index contributed by atoms with van der Waals surface area (Å²) in [5, 5.41) is 19.3. The van der Waals surface area contributed by atoms with Crippen molar-refractivity contribution in [3.05, 3.63) is 35.4 Å². The van der Waals surface area contributed by atoms with Crippen LogP contribution in [0.25, 0.3) is 0 Å². The molecule has 1 aromatic rings. The third-order valence-corrected chi connectivity index (χ3v) is 4.00. The molecule has 0 bridgehead atoms. The molecule has 0 saturated carbocycles. The second-order valence-corrected chi connectivity index (χ2v) is 5.61. The van der Waals surface area contributed by atoms with Gasteiger partial charge in [0.1, 0.15) is 0 Å². The monoisotopic (exact) mass is 274 g/mol. The van der Waals surface area contributed by atoms with Gasteiger partial charge < -0.3 is 9.84 Å². The minimum atomic E-state index is -0.549. The quantitative estimate of drug-likeness (QED) is 0.891. The normalized spacial score (nSPS) is 24.5. The molecule has 1 fully saturated rings. The van der Waals surface area contributed by atoms with E-state index in [2.05, 4.69) is 17.9 Å². The molecule has 20 heavy (non-hydrogen) atoms. The molecule has 2 rings (SSSR count). The molecule has 1 N–H and O–H groups in total. The van der Waals surface area contributed by atoms with E-state index < -0.39 is 6.10 Å². The molecule has 1 aliphatic rings. The van der Waals surface area contributed by atoms with Crippen LogP contribution >= 0.6 is 0 Å². The Balaban J connectivity index is 1.97. The molecule has 1 heterocycles. The molecule has 0 radical (unpaired) electrons. The fraction of sp³-hybridized carbons (Fsp3) is 0.562. The average Bonchev–Trinajstić information content (AvgIpc) is 2.79. The zero-order valence-electron chi connectivity index (χ0n) is 12.1. The minimum absolute atomic E-state index is 0.462. The topological polar surface area (TPSA) is 56.5 Å². The number of hydrogen-bond acceptors (Lipinski definition) is 4. The number of rotatable bonds is 5. The van der Waals surface area contributed by atoms with Gasteiger partial charge in [0.05, 0.1) is 24.3 Å². The molecule has 0 amide bonds. The van der Waals surface area contributed by atoms with Crippen molar-refractivity contribution in [2.45, 2.75) is 25.5 Å². The molecule has 108 valence electrons. The lowest BCUT2D eigenvalue weighted by Crippen LogP contribution is -2.32. The maximum Gasteiger partial charge on any atom is 0.0991 e. The zero-order valence-corrected chi connectivity index (χ0v) is 12.1. The fourth-order valence-corrected chi connectivity index (χ4v) is 2.97. The van der Waals surface area contributed by atoms with Gasteiger partial charge in [-0.1, -0.05) is 12.1 Å². The van der Waals surface area contributed by atoms with Crippen LogP contribution in [-0.4, -0.2) is 42.9 Å². The maximum atomic E-state index is 10.4. The molecule has 1 saturated heterocycles. The smallest absolute Gasteiger partial charge is 0.0991 e. The number of nitriles is 1. The van der Waals surface area contributed by atoms with E-state index >= 15 is 0 Å². The summed E-state index contributed by atoms with van der Waals surface area (Å²) < 4.78 is 5.22. The van der Waals surface area contributed by atoms with Gasteiger partial charge >= 0.3 is 0 Å². The van der Waals surface area contributed by atoms with Gasteiger partial charge in [-0.2, -0.15) is 5.26 Å². The highest BCUT2D eigenvalue weighted by Gasteiger charge is 2.30. The SMILES string of the molecule is COCC1CC(C)N(CC(O)c2cccc(C#N)c2)C1. The predicted octanol–water partition coefficient (Wildman–Crippen LogP) is 1.95. The number of ether oxygens (including phenoxy) is 1. The van der Waals surface area contributed by atoms with E-state index in [4.69, 9.17) is 10.00 Å². The van der Waals surface area contributed by atoms with Crippen molar-refractivity contribution in [2.75, 3.05) is 26.8 Å². The summed E-state index contributed by atoms with van der Waals surface area (Å²) in [7, 11) is 1.73.